The van der Waals surface area contributed by atoms with Gasteiger partial charge in [0, 0.05) is 85.6 Å². The van der Waals surface area contributed by atoms with Crippen molar-refractivity contribution < 1.29 is 101 Å². The van der Waals surface area contributed by atoms with E-state index >= 15 is 4.21 Å². The first-order valence-corrected chi connectivity index (χ1v) is 34.6. The van der Waals surface area contributed by atoms with Crippen LogP contribution in [0.1, 0.15) is 96.6 Å². The molecule has 95 heavy (non-hydrogen) atoms. The number of benzene rings is 1. The molecule has 2 unspecified atom stereocenters. The molecule has 5 heterocycles. The lowest BCUT2D eigenvalue weighted by molar-refractivity contribution is -0.144. The van der Waals surface area contributed by atoms with Gasteiger partial charge in [-0.15, -0.1) is 0 Å². The molecule has 13 N–H and O–H groups in total. The average molecular weight is 1380 g/mol. The maximum atomic E-state index is 15.3. The van der Waals surface area contributed by atoms with Gasteiger partial charge in [-0.3, -0.25) is 66.6 Å². The molecule has 0 aliphatic carbocycles. The summed E-state index contributed by atoms with van der Waals surface area (Å²) in [4.78, 5) is 169. The molecule has 6 rings (SSSR count). The van der Waals surface area contributed by atoms with Crippen LogP contribution in [0.3, 0.4) is 0 Å². The van der Waals surface area contributed by atoms with Gasteiger partial charge in [0.05, 0.1) is 126 Å². The molecule has 528 valence electrons. The molecule has 33 heteroatoms. The number of likely N-dealkylation sites (tertiary alicyclic amines) is 1. The molecule has 1 aromatic carbocycles. The van der Waals surface area contributed by atoms with Crippen LogP contribution in [-0.4, -0.2) is 250 Å². The zero-order valence-corrected chi connectivity index (χ0v) is 55.7. The number of fused-ring (bicyclic) bond motifs is 5. The maximum Gasteiger partial charge on any atom is 0.246 e. The quantitative estimate of drug-likeness (QED) is 0.0290. The third-order valence-corrected chi connectivity index (χ3v) is 19.8. The first-order chi connectivity index (χ1) is 45.3. The van der Waals surface area contributed by atoms with E-state index in [0.29, 0.717) is 68.9 Å². The van der Waals surface area contributed by atoms with Crippen molar-refractivity contribution >= 4 is 104 Å². The zero-order chi connectivity index (χ0) is 69.5. The van der Waals surface area contributed by atoms with Crippen LogP contribution in [0, 0.1) is 29.6 Å². The van der Waals surface area contributed by atoms with Crippen molar-refractivity contribution in [2.75, 3.05) is 104 Å². The number of aromatic amines is 1. The number of aliphatic hydroxyl groups excluding tert-OH is 3. The van der Waals surface area contributed by atoms with Crippen molar-refractivity contribution in [2.24, 2.45) is 35.3 Å². The Labute approximate surface area is 556 Å². The summed E-state index contributed by atoms with van der Waals surface area (Å²) in [6.45, 7) is 6.48. The van der Waals surface area contributed by atoms with E-state index in [2.05, 4.69) is 36.9 Å². The topological polar surface area (TPSA) is 460 Å². The van der Waals surface area contributed by atoms with Gasteiger partial charge in [0.25, 0.3) is 0 Å². The number of rotatable bonds is 29. The number of Topliss-reactive ketones (excluding diaryl/α,β-unsaturated/α-hetero) is 2. The van der Waals surface area contributed by atoms with Crippen molar-refractivity contribution in [2.45, 2.75) is 139 Å². The molecular weight excluding hydrogens is 1280 g/mol. The van der Waals surface area contributed by atoms with Crippen LogP contribution in [0.5, 0.6) is 5.75 Å². The number of ketones is 2. The van der Waals surface area contributed by atoms with E-state index in [0.717, 1.165) is 4.90 Å². The van der Waals surface area contributed by atoms with Gasteiger partial charge < -0.3 is 86.9 Å². The van der Waals surface area contributed by atoms with Gasteiger partial charge in [-0.2, -0.15) is 11.8 Å². The number of hydrogen-bond acceptors (Lipinski definition) is 22. The Kier molecular flexibility index (Phi) is 30.9. The number of unbranched alkanes of at least 4 members (excludes halogenated alkanes) is 1. The van der Waals surface area contributed by atoms with Crippen LogP contribution in [0.4, 0.5) is 0 Å². The fourth-order valence-corrected chi connectivity index (χ4v) is 14.0. The van der Waals surface area contributed by atoms with Crippen molar-refractivity contribution in [1.82, 2.24) is 46.7 Å². The number of aliphatic hydroxyl groups is 3. The molecule has 0 spiro atoms. The Morgan fingerprint density at radius 2 is 1.49 bits per heavy atom. The van der Waals surface area contributed by atoms with Gasteiger partial charge in [-0.25, -0.2) is 0 Å². The highest BCUT2D eigenvalue weighted by molar-refractivity contribution is 7.98. The summed E-state index contributed by atoms with van der Waals surface area (Å²) in [5, 5.41) is 59.0. The van der Waals surface area contributed by atoms with Crippen LogP contribution >= 0.6 is 11.8 Å². The third-order valence-electron chi connectivity index (χ3n) is 17.2. The predicted octanol–water partition coefficient (Wildman–Crippen LogP) is -2.76. The fourth-order valence-electron chi connectivity index (χ4n) is 11.5. The summed E-state index contributed by atoms with van der Waals surface area (Å²) in [6, 6.07) is -4.17. The minimum atomic E-state index is -2.45. The lowest BCUT2D eigenvalue weighted by Gasteiger charge is -2.32. The molecule has 2 bridgehead atoms. The van der Waals surface area contributed by atoms with Crippen LogP contribution in [0.25, 0.3) is 10.9 Å². The summed E-state index contributed by atoms with van der Waals surface area (Å²) in [5.41, 5.74) is 6.25. The van der Waals surface area contributed by atoms with E-state index in [1.807, 2.05) is 0 Å². The number of carbonyl (C=O) groups excluding carboxylic acids is 12. The van der Waals surface area contributed by atoms with Gasteiger partial charge in [0.2, 0.25) is 59.1 Å². The van der Waals surface area contributed by atoms with Gasteiger partial charge in [0.1, 0.15) is 28.9 Å². The number of nitrogens with zero attached hydrogens (tertiary/aromatic N) is 2. The van der Waals surface area contributed by atoms with Gasteiger partial charge in [0.15, 0.2) is 11.6 Å². The molecule has 0 saturated carbocycles. The smallest absolute Gasteiger partial charge is 0.246 e. The maximum absolute atomic E-state index is 15.3. The number of phenols is 1. The van der Waals surface area contributed by atoms with E-state index in [1.54, 1.807) is 20.8 Å². The van der Waals surface area contributed by atoms with E-state index in [-0.39, 0.29) is 97.1 Å². The second-order valence-corrected chi connectivity index (χ2v) is 26.9. The number of carbonyl (C=O) groups is 12. The number of hydrogen-bond donors (Lipinski definition) is 12. The number of aromatic hydroxyl groups is 1. The molecule has 0 radical (unpaired) electrons. The molecule has 4 aliphatic heterocycles. The molecule has 4 aliphatic rings. The second-order valence-electron chi connectivity index (χ2n) is 24.3. The number of thioether (sulfide) groups is 1. The second kappa shape index (κ2) is 38.1. The Balaban J connectivity index is 1.18. The standard InChI is InChI=1S/C62H92N10O21S2/c1-5-34(2)41-25-38(74)28-65-56(83)37-23-42-40-8-9-47(76)43(32-94-21-7-6-11-64-51(80)10-13-90-15-17-92-19-20-93-18-16-91-14-12-71-53(82)22-35(3)61(71)87)55(40)70-60(42)95(89)33-45(67-52(81)29-66-57(41)84)58(85)68-44(27-50(63)79)62(88)72-30-39(75)26-46(72)59(86)69-54(48(77)24-37)36(4)49(78)31-73/h8-9,34-37,39,41,44-46,49,54,70,73,75-76,78H,5-7,10-33H2,1-4H3,(H2,63,79)(H,64,80)(H,65,83)(H,66,84)(H,67,81)(H,68,85)(H,69,86)/t34-,35?,36-,37+,39+,41-,44-,45-,46-,49-,54-,95?/m0/s1. The van der Waals surface area contributed by atoms with Crippen LogP contribution < -0.4 is 37.6 Å². The normalized spacial score (nSPS) is 24.9. The first kappa shape index (κ1) is 77.0. The van der Waals surface area contributed by atoms with Crippen molar-refractivity contribution in [3.8, 4) is 5.75 Å². The molecule has 1 aromatic heterocycles. The van der Waals surface area contributed by atoms with Gasteiger partial charge in [-0.05, 0) is 48.6 Å². The summed E-state index contributed by atoms with van der Waals surface area (Å²) in [6.07, 6.45) is -3.98. The number of amides is 10. The number of imide groups is 1. The van der Waals surface area contributed by atoms with E-state index in [9.17, 15) is 78.0 Å². The number of phenolic OH excluding ortho intramolecular Hbond substituents is 1. The summed E-state index contributed by atoms with van der Waals surface area (Å²) in [7, 11) is -2.45. The number of nitrogens with two attached hydrogens (primary N) is 1. The number of nitrogens with one attached hydrogen (secondary N) is 7. The Morgan fingerprint density at radius 1 is 0.821 bits per heavy atom. The average Bonchev–Trinajstić information content (AvgIpc) is 1.65. The molecule has 2 fully saturated rings. The molecule has 12 atom stereocenters. The largest absolute Gasteiger partial charge is 0.508 e. The number of primary amides is 1. The summed E-state index contributed by atoms with van der Waals surface area (Å²) < 4.78 is 37.2. The first-order valence-electron chi connectivity index (χ1n) is 32.1. The monoisotopic (exact) mass is 1380 g/mol. The third kappa shape index (κ3) is 22.5. The van der Waals surface area contributed by atoms with Gasteiger partial charge in [-0.1, -0.05) is 34.1 Å². The summed E-state index contributed by atoms with van der Waals surface area (Å²) >= 11 is 1.41. The number of ether oxygens (including phenoxy) is 4. The van der Waals surface area contributed by atoms with E-state index in [4.69, 9.17) is 24.7 Å². The SMILES string of the molecule is CC[C@H](C)[C@@H]1CC(=O)CNC(=O)[C@H]2CC(=O)[C@H]([C@@H](C)[C@@H](O)CO)NC(=O)[C@@H]3C[C@@H](O)CN3C(=O)[C@H](CC(N)=O)NC(=O)[C@H](CS(=O)c3[nH]c4c(CSCCCCNC(=O)CCOCCOCCOCCOCCN5C(=O)CC(C)C5=O)c(O)ccc4c3C2)NC(=O)CNC1=O. The minimum absolute atomic E-state index is 0.115. The lowest BCUT2D eigenvalue weighted by Crippen LogP contribution is -2.60. The van der Waals surface area contributed by atoms with Crippen molar-refractivity contribution in [3.05, 3.63) is 23.3 Å². The zero-order valence-electron chi connectivity index (χ0n) is 54.1. The molecular formula is C62H92N10O21S2. The van der Waals surface area contributed by atoms with Crippen molar-refractivity contribution in [1.29, 1.82) is 0 Å². The molecule has 2 saturated heterocycles. The van der Waals surface area contributed by atoms with Crippen LogP contribution in [0.15, 0.2) is 17.2 Å². The Bertz CT molecular complexity index is 3100. The predicted molar refractivity (Wildman–Crippen MR) is 341 cm³/mol. The van der Waals surface area contributed by atoms with Gasteiger partial charge >= 0.3 is 0 Å². The minimum Gasteiger partial charge on any atom is -0.508 e. The molecule has 31 nitrogen and oxygen atoms in total. The summed E-state index contributed by atoms with van der Waals surface area (Å²) in [5.74, 6) is -14.0. The Hall–Kier alpha value is -6.98. The van der Waals surface area contributed by atoms with E-state index < -0.39 is 188 Å². The number of aromatic nitrogens is 1. The molecule has 10 amide bonds. The fraction of sp³-hybridized carbons (Fsp3) is 0.677. The molecule has 2 aromatic rings. The highest BCUT2D eigenvalue weighted by atomic mass is 32.2. The highest BCUT2D eigenvalue weighted by Crippen LogP contribution is 2.37. The number of H-pyrrole nitrogens is 1. The lowest BCUT2D eigenvalue weighted by atomic mass is 9.85. The van der Waals surface area contributed by atoms with Crippen molar-refractivity contribution in [3.63, 3.8) is 0 Å². The van der Waals surface area contributed by atoms with Crippen LogP contribution in [0.2, 0.25) is 0 Å². The van der Waals surface area contributed by atoms with Crippen LogP contribution in [-0.2, 0) is 99.5 Å². The Morgan fingerprint density at radius 3 is 2.15 bits per heavy atom. The van der Waals surface area contributed by atoms with E-state index in [1.165, 1.54) is 35.7 Å². The highest BCUT2D eigenvalue weighted by Gasteiger charge is 2.45.